The second-order valence-electron chi connectivity index (χ2n) is 2.02. The number of aryl methyl sites for hydroxylation is 1. The van der Waals surface area contributed by atoms with Crippen LogP contribution in [0.1, 0.15) is 13.3 Å². The molecular weight excluding hydrogens is 132 g/mol. The topological polar surface area (TPSA) is 60.7 Å². The van der Waals surface area contributed by atoms with Crippen molar-refractivity contribution in [3.63, 3.8) is 0 Å². The molecule has 5 heteroatoms. The van der Waals surface area contributed by atoms with Crippen LogP contribution in [0.2, 0.25) is 0 Å². The number of carbonyl (C=O) groups is 1. The number of carbonyl (C=O) groups excluding carboxylic acids is 1. The Labute approximate surface area is 58.0 Å². The van der Waals surface area contributed by atoms with Crippen LogP contribution in [0.5, 0.6) is 0 Å². The molecule has 10 heavy (non-hydrogen) atoms. The van der Waals surface area contributed by atoms with Crippen LogP contribution in [0.15, 0.2) is 6.33 Å². The Morgan fingerprint density at radius 1 is 1.70 bits per heavy atom. The summed E-state index contributed by atoms with van der Waals surface area (Å²) in [5, 5.41) is 10.4. The van der Waals surface area contributed by atoms with E-state index in [9.17, 15) is 4.79 Å². The molecule has 0 atom stereocenters. The van der Waals surface area contributed by atoms with Gasteiger partial charge in [-0.25, -0.2) is 4.68 Å². The molecule has 0 unspecified atom stereocenters. The number of hydrogen-bond donors (Lipinski definition) is 0. The second-order valence-corrected chi connectivity index (χ2v) is 2.02. The van der Waals surface area contributed by atoms with Crippen LogP contribution in [-0.4, -0.2) is 26.0 Å². The standard InChI is InChI=1S/C5H8N4O/c1-5(10)2-3-9-4-6-7-8-9/h4H,2-3H2,1H3. The lowest BCUT2D eigenvalue weighted by atomic mass is 10.3. The summed E-state index contributed by atoms with van der Waals surface area (Å²) in [5.74, 6) is 0.149. The van der Waals surface area contributed by atoms with Crippen molar-refractivity contribution in [3.8, 4) is 0 Å². The lowest BCUT2D eigenvalue weighted by Gasteiger charge is -1.92. The predicted molar refractivity (Wildman–Crippen MR) is 33.1 cm³/mol. The minimum absolute atomic E-state index is 0.149. The van der Waals surface area contributed by atoms with Gasteiger partial charge in [0.1, 0.15) is 12.1 Å². The first-order valence-corrected chi connectivity index (χ1v) is 2.99. The van der Waals surface area contributed by atoms with Gasteiger partial charge in [0.05, 0.1) is 6.54 Å². The van der Waals surface area contributed by atoms with Crippen molar-refractivity contribution in [1.82, 2.24) is 20.2 Å². The summed E-state index contributed by atoms with van der Waals surface area (Å²) in [7, 11) is 0. The third-order valence-electron chi connectivity index (χ3n) is 1.08. The third kappa shape index (κ3) is 1.93. The fourth-order valence-corrected chi connectivity index (χ4v) is 0.555. The van der Waals surface area contributed by atoms with Gasteiger partial charge in [-0.05, 0) is 17.4 Å². The van der Waals surface area contributed by atoms with E-state index < -0.39 is 0 Å². The zero-order valence-corrected chi connectivity index (χ0v) is 5.69. The van der Waals surface area contributed by atoms with Crippen LogP contribution in [0.25, 0.3) is 0 Å². The summed E-state index contributed by atoms with van der Waals surface area (Å²) in [6.07, 6.45) is 1.98. The van der Waals surface area contributed by atoms with Gasteiger partial charge >= 0.3 is 0 Å². The molecule has 0 fully saturated rings. The Balaban J connectivity index is 2.35. The highest BCUT2D eigenvalue weighted by molar-refractivity contribution is 5.75. The molecule has 1 aromatic rings. The van der Waals surface area contributed by atoms with E-state index in [-0.39, 0.29) is 5.78 Å². The molecule has 0 saturated heterocycles. The number of tetrazole rings is 1. The quantitative estimate of drug-likeness (QED) is 0.575. The zero-order valence-electron chi connectivity index (χ0n) is 5.69. The number of nitrogens with zero attached hydrogens (tertiary/aromatic N) is 4. The van der Waals surface area contributed by atoms with Crippen molar-refractivity contribution in [2.75, 3.05) is 0 Å². The molecule has 0 radical (unpaired) electrons. The Morgan fingerprint density at radius 3 is 3.00 bits per heavy atom. The number of rotatable bonds is 3. The summed E-state index contributed by atoms with van der Waals surface area (Å²) >= 11 is 0. The van der Waals surface area contributed by atoms with Gasteiger partial charge in [0, 0.05) is 6.42 Å². The maximum absolute atomic E-state index is 10.5. The minimum atomic E-state index is 0.149. The van der Waals surface area contributed by atoms with Crippen LogP contribution in [0.4, 0.5) is 0 Å². The molecule has 0 aliphatic carbocycles. The normalized spacial score (nSPS) is 9.70. The zero-order chi connectivity index (χ0) is 7.40. The van der Waals surface area contributed by atoms with E-state index in [1.165, 1.54) is 11.0 Å². The van der Waals surface area contributed by atoms with Gasteiger partial charge in [-0.3, -0.25) is 4.79 Å². The van der Waals surface area contributed by atoms with E-state index in [1.54, 1.807) is 6.92 Å². The summed E-state index contributed by atoms with van der Waals surface area (Å²) in [6.45, 7) is 2.12. The van der Waals surface area contributed by atoms with Gasteiger partial charge in [-0.1, -0.05) is 0 Å². The number of hydrogen-bond acceptors (Lipinski definition) is 4. The van der Waals surface area contributed by atoms with Gasteiger partial charge in [0.2, 0.25) is 0 Å². The fourth-order valence-electron chi connectivity index (χ4n) is 0.555. The minimum Gasteiger partial charge on any atom is -0.300 e. The largest absolute Gasteiger partial charge is 0.300 e. The molecule has 1 heterocycles. The summed E-state index contributed by atoms with van der Waals surface area (Å²) in [5.41, 5.74) is 0. The van der Waals surface area contributed by atoms with Crippen molar-refractivity contribution in [2.45, 2.75) is 19.9 Å². The maximum atomic E-state index is 10.5. The molecule has 54 valence electrons. The van der Waals surface area contributed by atoms with Crippen LogP contribution in [-0.2, 0) is 11.3 Å². The number of Topliss-reactive ketones (excluding diaryl/α,β-unsaturated/α-hetero) is 1. The van der Waals surface area contributed by atoms with Crippen LogP contribution in [0, 0.1) is 0 Å². The highest BCUT2D eigenvalue weighted by Gasteiger charge is 1.94. The van der Waals surface area contributed by atoms with E-state index in [4.69, 9.17) is 0 Å². The van der Waals surface area contributed by atoms with E-state index in [1.807, 2.05) is 0 Å². The smallest absolute Gasteiger partial charge is 0.138 e. The number of ketones is 1. The van der Waals surface area contributed by atoms with E-state index in [0.717, 1.165) is 0 Å². The van der Waals surface area contributed by atoms with Gasteiger partial charge in [-0.2, -0.15) is 0 Å². The van der Waals surface area contributed by atoms with Gasteiger partial charge in [0.15, 0.2) is 0 Å². The first-order valence-electron chi connectivity index (χ1n) is 2.99. The van der Waals surface area contributed by atoms with Crippen LogP contribution < -0.4 is 0 Å². The second kappa shape index (κ2) is 3.05. The average Bonchev–Trinajstić information content (AvgIpc) is 2.34. The fraction of sp³-hybridized carbons (Fsp3) is 0.600. The monoisotopic (exact) mass is 140 g/mol. The average molecular weight is 140 g/mol. The number of aromatic nitrogens is 4. The first-order chi connectivity index (χ1) is 4.79. The van der Waals surface area contributed by atoms with Crippen molar-refractivity contribution in [1.29, 1.82) is 0 Å². The summed E-state index contributed by atoms with van der Waals surface area (Å²) in [6, 6.07) is 0. The third-order valence-corrected chi connectivity index (χ3v) is 1.08. The lowest BCUT2D eigenvalue weighted by Crippen LogP contribution is -2.02. The Morgan fingerprint density at radius 2 is 2.50 bits per heavy atom. The Kier molecular flexibility index (Phi) is 2.09. The molecule has 0 saturated carbocycles. The van der Waals surface area contributed by atoms with Crippen LogP contribution in [0.3, 0.4) is 0 Å². The molecule has 1 aromatic heterocycles. The van der Waals surface area contributed by atoms with Gasteiger partial charge in [0.25, 0.3) is 0 Å². The molecule has 0 bridgehead atoms. The van der Waals surface area contributed by atoms with E-state index in [0.29, 0.717) is 13.0 Å². The molecule has 0 aromatic carbocycles. The van der Waals surface area contributed by atoms with E-state index in [2.05, 4.69) is 15.5 Å². The lowest BCUT2D eigenvalue weighted by molar-refractivity contribution is -0.117. The molecule has 1 rings (SSSR count). The SMILES string of the molecule is CC(=O)CCn1cnnn1. The molecule has 0 amide bonds. The Bertz CT molecular complexity index is 205. The van der Waals surface area contributed by atoms with Gasteiger partial charge in [-0.15, -0.1) is 5.10 Å². The van der Waals surface area contributed by atoms with Gasteiger partial charge < -0.3 is 0 Å². The van der Waals surface area contributed by atoms with Crippen molar-refractivity contribution in [2.24, 2.45) is 0 Å². The molecule has 0 aliphatic heterocycles. The van der Waals surface area contributed by atoms with Crippen molar-refractivity contribution in [3.05, 3.63) is 6.33 Å². The maximum Gasteiger partial charge on any atom is 0.138 e. The molecular formula is C5H8N4O. The molecule has 0 aliphatic rings. The van der Waals surface area contributed by atoms with Crippen LogP contribution >= 0.6 is 0 Å². The summed E-state index contributed by atoms with van der Waals surface area (Å²) < 4.78 is 1.53. The van der Waals surface area contributed by atoms with E-state index >= 15 is 0 Å². The highest BCUT2D eigenvalue weighted by atomic mass is 16.1. The summed E-state index contributed by atoms with van der Waals surface area (Å²) in [4.78, 5) is 10.5. The van der Waals surface area contributed by atoms with Crippen molar-refractivity contribution < 1.29 is 4.79 Å². The predicted octanol–water partition coefficient (Wildman–Crippen LogP) is -0.348. The first kappa shape index (κ1) is 6.85. The molecule has 5 nitrogen and oxygen atoms in total. The molecule has 0 N–H and O–H groups in total. The highest BCUT2D eigenvalue weighted by Crippen LogP contribution is 1.85. The van der Waals surface area contributed by atoms with Crippen molar-refractivity contribution >= 4 is 5.78 Å². The Hall–Kier alpha value is -1.26. The molecule has 0 spiro atoms.